The number of halogens is 1. The van der Waals surface area contributed by atoms with Gasteiger partial charge in [0.25, 0.3) is 5.91 Å². The Morgan fingerprint density at radius 2 is 1.83 bits per heavy atom. The van der Waals surface area contributed by atoms with Gasteiger partial charge in [0.05, 0.1) is 42.0 Å². The molecule has 8 heteroatoms. The van der Waals surface area contributed by atoms with E-state index < -0.39 is 0 Å². The maximum atomic E-state index is 13.0. The molecule has 2 fully saturated rings. The van der Waals surface area contributed by atoms with E-state index in [0.717, 1.165) is 74.9 Å². The Kier molecular flexibility index (Phi) is 7.28. The Bertz CT molecular complexity index is 1270. The first-order valence-electron chi connectivity index (χ1n) is 12.3. The molecule has 1 N–H and O–H groups in total. The molecule has 2 aliphatic heterocycles. The zero-order chi connectivity index (χ0) is 25.1. The summed E-state index contributed by atoms with van der Waals surface area (Å²) in [6.07, 6.45) is 9.68. The number of ether oxygens (including phenoxy) is 1. The maximum Gasteiger partial charge on any atom is 0.259 e. The highest BCUT2D eigenvalue weighted by atomic mass is 35.5. The Morgan fingerprint density at radius 3 is 2.53 bits per heavy atom. The number of hydrogen-bond acceptors (Lipinski definition) is 5. The molecule has 0 atom stereocenters. The van der Waals surface area contributed by atoms with Crippen molar-refractivity contribution in [2.45, 2.75) is 25.8 Å². The number of nitrogens with zero attached hydrogens (tertiary/aromatic N) is 4. The summed E-state index contributed by atoms with van der Waals surface area (Å²) in [6, 6.07) is 13.7. The molecule has 1 amide bonds. The van der Waals surface area contributed by atoms with Crippen LogP contribution in [0.2, 0.25) is 5.02 Å². The van der Waals surface area contributed by atoms with Crippen LogP contribution in [0.1, 0.15) is 34.5 Å². The number of rotatable bonds is 5. The lowest BCUT2D eigenvalue weighted by atomic mass is 10.0. The molecule has 0 unspecified atom stereocenters. The normalized spacial score (nSPS) is 17.1. The van der Waals surface area contributed by atoms with Crippen molar-refractivity contribution in [3.63, 3.8) is 0 Å². The number of amides is 1. The number of aromatic nitrogens is 2. The van der Waals surface area contributed by atoms with Crippen LogP contribution in [-0.4, -0.2) is 66.0 Å². The van der Waals surface area contributed by atoms with E-state index in [-0.39, 0.29) is 5.91 Å². The number of carbonyl (C=O) groups excluding carboxylic acids is 1. The molecule has 36 heavy (non-hydrogen) atoms. The third kappa shape index (κ3) is 5.12. The van der Waals surface area contributed by atoms with E-state index in [9.17, 15) is 4.79 Å². The van der Waals surface area contributed by atoms with E-state index in [0.29, 0.717) is 22.3 Å². The topological polar surface area (TPSA) is 62.6 Å². The quantitative estimate of drug-likeness (QED) is 0.524. The average molecular weight is 504 g/mol. The summed E-state index contributed by atoms with van der Waals surface area (Å²) in [5, 5.41) is 8.02. The van der Waals surface area contributed by atoms with E-state index in [1.165, 1.54) is 0 Å². The molecule has 0 spiro atoms. The molecule has 0 saturated carbocycles. The highest BCUT2D eigenvalue weighted by Gasteiger charge is 2.27. The predicted octanol–water partition coefficient (Wildman–Crippen LogP) is 4.37. The summed E-state index contributed by atoms with van der Waals surface area (Å²) < 4.78 is 7.22. The van der Waals surface area contributed by atoms with Crippen LogP contribution in [0.4, 0.5) is 11.4 Å². The average Bonchev–Trinajstić information content (AvgIpc) is 3.31. The number of anilines is 2. The number of nitrogens with one attached hydrogen (secondary N) is 1. The van der Waals surface area contributed by atoms with Crippen LogP contribution < -0.4 is 10.2 Å². The van der Waals surface area contributed by atoms with Crippen LogP contribution in [0.15, 0.2) is 48.7 Å². The van der Waals surface area contributed by atoms with Crippen LogP contribution >= 0.6 is 11.6 Å². The van der Waals surface area contributed by atoms with Gasteiger partial charge in [0.15, 0.2) is 0 Å². The van der Waals surface area contributed by atoms with Crippen LogP contribution in [0.3, 0.4) is 0 Å². The number of piperidine rings is 1. The molecule has 2 aliphatic rings. The molecule has 3 aromatic rings. The Labute approximate surface area is 217 Å². The van der Waals surface area contributed by atoms with Crippen molar-refractivity contribution < 1.29 is 9.53 Å². The smallest absolute Gasteiger partial charge is 0.259 e. The largest absolute Gasteiger partial charge is 0.379 e. The van der Waals surface area contributed by atoms with Crippen LogP contribution in [0, 0.1) is 19.3 Å². The molecular weight excluding hydrogens is 474 g/mol. The molecule has 3 heterocycles. The SMILES string of the molecule is C#Cc1cc(NC(=O)c2cnn(-c3ccc(Cl)cc3)c2C)ccc1N1CCC(N2CCOCC2)CC1. The zero-order valence-corrected chi connectivity index (χ0v) is 21.2. The molecule has 186 valence electrons. The van der Waals surface area contributed by atoms with Gasteiger partial charge in [0, 0.05) is 48.5 Å². The lowest BCUT2D eigenvalue weighted by Crippen LogP contribution is -2.49. The van der Waals surface area contributed by atoms with Crippen LogP contribution in [-0.2, 0) is 4.74 Å². The number of carbonyl (C=O) groups is 1. The summed E-state index contributed by atoms with van der Waals surface area (Å²) in [4.78, 5) is 18.0. The van der Waals surface area contributed by atoms with Crippen molar-refractivity contribution in [2.24, 2.45) is 0 Å². The van der Waals surface area contributed by atoms with Crippen LogP contribution in [0.25, 0.3) is 5.69 Å². The molecule has 0 bridgehead atoms. The van der Waals surface area contributed by atoms with Gasteiger partial charge in [-0.25, -0.2) is 4.68 Å². The molecule has 5 rings (SSSR count). The summed E-state index contributed by atoms with van der Waals surface area (Å²) >= 11 is 5.99. The van der Waals surface area contributed by atoms with Crippen LogP contribution in [0.5, 0.6) is 0 Å². The van der Waals surface area contributed by atoms with Gasteiger partial charge in [0.2, 0.25) is 0 Å². The van der Waals surface area contributed by atoms with Gasteiger partial charge in [-0.05, 0) is 62.2 Å². The van der Waals surface area contributed by atoms with Gasteiger partial charge >= 0.3 is 0 Å². The van der Waals surface area contributed by atoms with Crippen molar-refractivity contribution in [3.8, 4) is 18.0 Å². The first kappa shape index (κ1) is 24.4. The highest BCUT2D eigenvalue weighted by molar-refractivity contribution is 6.30. The lowest BCUT2D eigenvalue weighted by Gasteiger charge is -2.41. The fraction of sp³-hybridized carbons (Fsp3) is 0.357. The highest BCUT2D eigenvalue weighted by Crippen LogP contribution is 2.28. The summed E-state index contributed by atoms with van der Waals surface area (Å²) in [6.45, 7) is 7.50. The Morgan fingerprint density at radius 1 is 1.11 bits per heavy atom. The lowest BCUT2D eigenvalue weighted by molar-refractivity contribution is 0.0115. The summed E-state index contributed by atoms with van der Waals surface area (Å²) in [5.74, 6) is 2.59. The minimum Gasteiger partial charge on any atom is -0.379 e. The molecule has 2 saturated heterocycles. The van der Waals surface area contributed by atoms with E-state index >= 15 is 0 Å². The first-order chi connectivity index (χ1) is 17.5. The second kappa shape index (κ2) is 10.8. The minimum absolute atomic E-state index is 0.227. The number of morpholine rings is 1. The third-order valence-electron chi connectivity index (χ3n) is 7.10. The standard InChI is InChI=1S/C28H30ClN5O2/c1-3-21-18-23(6-9-27(21)33-12-10-24(11-13-33)32-14-16-36-17-15-32)31-28(35)26-19-30-34(20(26)2)25-7-4-22(29)5-8-25/h1,4-9,18-19,24H,10-17H2,2H3,(H,31,35). The molecule has 0 radical (unpaired) electrons. The van der Waals surface area contributed by atoms with Gasteiger partial charge < -0.3 is 15.0 Å². The van der Waals surface area contributed by atoms with Gasteiger partial charge in [-0.2, -0.15) is 5.10 Å². The summed E-state index contributed by atoms with van der Waals surface area (Å²) in [7, 11) is 0. The van der Waals surface area contributed by atoms with Crippen molar-refractivity contribution in [2.75, 3.05) is 49.6 Å². The van der Waals surface area contributed by atoms with Crippen molar-refractivity contribution in [1.29, 1.82) is 0 Å². The molecule has 7 nitrogen and oxygen atoms in total. The zero-order valence-electron chi connectivity index (χ0n) is 20.4. The monoisotopic (exact) mass is 503 g/mol. The molecule has 1 aromatic heterocycles. The van der Waals surface area contributed by atoms with Gasteiger partial charge in [-0.1, -0.05) is 17.5 Å². The maximum absolute atomic E-state index is 13.0. The number of benzene rings is 2. The fourth-order valence-corrected chi connectivity index (χ4v) is 5.22. The summed E-state index contributed by atoms with van der Waals surface area (Å²) in [5.41, 5.74) is 4.58. The minimum atomic E-state index is -0.227. The third-order valence-corrected chi connectivity index (χ3v) is 7.35. The number of hydrogen-bond donors (Lipinski definition) is 1. The molecular formula is C28H30ClN5O2. The van der Waals surface area contributed by atoms with E-state index in [2.05, 4.69) is 26.1 Å². The van der Waals surface area contributed by atoms with E-state index in [4.69, 9.17) is 22.8 Å². The van der Waals surface area contributed by atoms with E-state index in [1.54, 1.807) is 23.0 Å². The van der Waals surface area contributed by atoms with Gasteiger partial charge in [0.1, 0.15) is 0 Å². The fourth-order valence-electron chi connectivity index (χ4n) is 5.09. The number of terminal acetylenes is 1. The first-order valence-corrected chi connectivity index (χ1v) is 12.7. The Balaban J connectivity index is 1.26. The van der Waals surface area contributed by atoms with E-state index in [1.807, 2.05) is 37.3 Å². The van der Waals surface area contributed by atoms with Crippen molar-refractivity contribution >= 4 is 28.9 Å². The van der Waals surface area contributed by atoms with Crippen molar-refractivity contribution in [1.82, 2.24) is 14.7 Å². The molecule has 2 aromatic carbocycles. The molecule has 0 aliphatic carbocycles. The predicted molar refractivity (Wildman–Crippen MR) is 143 cm³/mol. The second-order valence-electron chi connectivity index (χ2n) is 9.23. The second-order valence-corrected chi connectivity index (χ2v) is 9.67. The Hall–Kier alpha value is -3.31. The van der Waals surface area contributed by atoms with Crippen molar-refractivity contribution in [3.05, 3.63) is 70.5 Å². The van der Waals surface area contributed by atoms with Gasteiger partial charge in [-0.15, -0.1) is 6.42 Å². The van der Waals surface area contributed by atoms with Gasteiger partial charge in [-0.3, -0.25) is 9.69 Å².